The molecule has 0 saturated carbocycles. The SMILES string of the molecule is CCCNCc1sc(-c2cccnc2)nc1COC. The van der Waals surface area contributed by atoms with E-state index < -0.39 is 0 Å². The van der Waals surface area contributed by atoms with Crippen LogP contribution in [0.4, 0.5) is 0 Å². The number of nitrogens with zero attached hydrogens (tertiary/aromatic N) is 2. The smallest absolute Gasteiger partial charge is 0.125 e. The molecule has 0 radical (unpaired) electrons. The molecule has 0 aromatic carbocycles. The lowest BCUT2D eigenvalue weighted by Gasteiger charge is -2.02. The first-order valence-corrected chi connectivity index (χ1v) is 7.25. The Hall–Kier alpha value is -1.30. The Balaban J connectivity index is 2.19. The van der Waals surface area contributed by atoms with Gasteiger partial charge in [-0.05, 0) is 25.1 Å². The van der Waals surface area contributed by atoms with E-state index in [2.05, 4.69) is 22.2 Å². The minimum absolute atomic E-state index is 0.555. The summed E-state index contributed by atoms with van der Waals surface area (Å²) in [5, 5.41) is 4.42. The van der Waals surface area contributed by atoms with Gasteiger partial charge in [0.1, 0.15) is 5.01 Å². The lowest BCUT2D eigenvalue weighted by molar-refractivity contribution is 0.181. The molecule has 0 aliphatic rings. The van der Waals surface area contributed by atoms with E-state index in [0.29, 0.717) is 6.61 Å². The zero-order valence-corrected chi connectivity index (χ0v) is 12.2. The predicted molar refractivity (Wildman–Crippen MR) is 78.1 cm³/mol. The number of nitrogens with one attached hydrogen (secondary N) is 1. The predicted octanol–water partition coefficient (Wildman–Crippen LogP) is 2.85. The molecule has 0 saturated heterocycles. The van der Waals surface area contributed by atoms with Crippen LogP contribution in [-0.2, 0) is 17.9 Å². The van der Waals surface area contributed by atoms with Gasteiger partial charge in [0.2, 0.25) is 0 Å². The van der Waals surface area contributed by atoms with Crippen LogP contribution in [0.5, 0.6) is 0 Å². The van der Waals surface area contributed by atoms with E-state index in [9.17, 15) is 0 Å². The zero-order chi connectivity index (χ0) is 13.5. The van der Waals surface area contributed by atoms with Gasteiger partial charge in [0.05, 0.1) is 12.3 Å². The summed E-state index contributed by atoms with van der Waals surface area (Å²) in [6.45, 7) is 4.59. The molecule has 0 aliphatic heterocycles. The van der Waals surface area contributed by atoms with E-state index in [1.807, 2.05) is 18.3 Å². The molecule has 2 heterocycles. The van der Waals surface area contributed by atoms with Crippen molar-refractivity contribution < 1.29 is 4.74 Å². The Kier molecular flexibility index (Phi) is 5.44. The van der Waals surface area contributed by atoms with Crippen molar-refractivity contribution in [2.45, 2.75) is 26.5 Å². The number of hydrogen-bond acceptors (Lipinski definition) is 5. The van der Waals surface area contributed by atoms with Gasteiger partial charge in [-0.1, -0.05) is 6.92 Å². The lowest BCUT2D eigenvalue weighted by atomic mass is 10.3. The third-order valence-corrected chi connectivity index (χ3v) is 3.83. The number of pyridine rings is 1. The fourth-order valence-corrected chi connectivity index (χ4v) is 2.79. The molecule has 102 valence electrons. The summed E-state index contributed by atoms with van der Waals surface area (Å²) in [5.74, 6) is 0. The molecule has 0 aliphatic carbocycles. The van der Waals surface area contributed by atoms with Gasteiger partial charge >= 0.3 is 0 Å². The number of thiazole rings is 1. The summed E-state index contributed by atoms with van der Waals surface area (Å²) in [5.41, 5.74) is 2.08. The molecule has 19 heavy (non-hydrogen) atoms. The van der Waals surface area contributed by atoms with Crippen LogP contribution < -0.4 is 5.32 Å². The van der Waals surface area contributed by atoms with Crippen LogP contribution in [0.1, 0.15) is 23.9 Å². The third kappa shape index (κ3) is 3.83. The molecule has 2 rings (SSSR count). The number of ether oxygens (including phenoxy) is 1. The minimum atomic E-state index is 0.555. The van der Waals surface area contributed by atoms with Crippen molar-refractivity contribution in [3.63, 3.8) is 0 Å². The average molecular weight is 277 g/mol. The van der Waals surface area contributed by atoms with Gasteiger partial charge < -0.3 is 10.1 Å². The van der Waals surface area contributed by atoms with Crippen molar-refractivity contribution >= 4 is 11.3 Å². The third-order valence-electron chi connectivity index (χ3n) is 2.68. The quantitative estimate of drug-likeness (QED) is 0.791. The Morgan fingerprint density at radius 3 is 3.00 bits per heavy atom. The Morgan fingerprint density at radius 1 is 1.42 bits per heavy atom. The van der Waals surface area contributed by atoms with Crippen LogP contribution in [0.25, 0.3) is 10.6 Å². The summed E-state index contributed by atoms with van der Waals surface area (Å²) in [4.78, 5) is 10.0. The maximum Gasteiger partial charge on any atom is 0.125 e. The van der Waals surface area contributed by atoms with Gasteiger partial charge in [-0.25, -0.2) is 4.98 Å². The summed E-state index contributed by atoms with van der Waals surface area (Å²) in [7, 11) is 1.70. The fraction of sp³-hybridized carbons (Fsp3) is 0.429. The second-order valence-corrected chi connectivity index (χ2v) is 5.32. The Bertz CT molecular complexity index is 499. The van der Waals surface area contributed by atoms with E-state index in [1.54, 1.807) is 24.6 Å². The maximum atomic E-state index is 5.22. The second-order valence-electron chi connectivity index (χ2n) is 4.24. The van der Waals surface area contributed by atoms with Gasteiger partial charge in [0.15, 0.2) is 0 Å². The van der Waals surface area contributed by atoms with Crippen molar-refractivity contribution in [2.75, 3.05) is 13.7 Å². The molecular formula is C14H19N3OS. The molecule has 0 amide bonds. The first-order valence-electron chi connectivity index (χ1n) is 6.43. The first-order chi connectivity index (χ1) is 9.35. The van der Waals surface area contributed by atoms with E-state index in [4.69, 9.17) is 4.74 Å². The van der Waals surface area contributed by atoms with Crippen molar-refractivity contribution in [3.05, 3.63) is 35.1 Å². The van der Waals surface area contributed by atoms with Gasteiger partial charge in [-0.15, -0.1) is 11.3 Å². The molecule has 2 aromatic rings. The van der Waals surface area contributed by atoms with Gasteiger partial charge in [0.25, 0.3) is 0 Å². The molecule has 0 bridgehead atoms. The monoisotopic (exact) mass is 277 g/mol. The minimum Gasteiger partial charge on any atom is -0.378 e. The highest BCUT2D eigenvalue weighted by molar-refractivity contribution is 7.15. The van der Waals surface area contributed by atoms with Crippen molar-refractivity contribution in [2.24, 2.45) is 0 Å². The van der Waals surface area contributed by atoms with Crippen LogP contribution in [0.2, 0.25) is 0 Å². The molecular weight excluding hydrogens is 258 g/mol. The van der Waals surface area contributed by atoms with Crippen LogP contribution in [-0.4, -0.2) is 23.6 Å². The van der Waals surface area contributed by atoms with E-state index in [1.165, 1.54) is 4.88 Å². The maximum absolute atomic E-state index is 5.22. The molecule has 2 aromatic heterocycles. The molecule has 0 spiro atoms. The van der Waals surface area contributed by atoms with Gasteiger partial charge in [-0.3, -0.25) is 4.98 Å². The Morgan fingerprint density at radius 2 is 2.32 bits per heavy atom. The number of methoxy groups -OCH3 is 1. The molecule has 4 nitrogen and oxygen atoms in total. The zero-order valence-electron chi connectivity index (χ0n) is 11.3. The summed E-state index contributed by atoms with van der Waals surface area (Å²) >= 11 is 1.71. The largest absolute Gasteiger partial charge is 0.378 e. The van der Waals surface area contributed by atoms with Crippen LogP contribution in [0.3, 0.4) is 0 Å². The topological polar surface area (TPSA) is 47.0 Å². The van der Waals surface area contributed by atoms with Gasteiger partial charge in [-0.2, -0.15) is 0 Å². The Labute approximate surface area is 117 Å². The normalized spacial score (nSPS) is 10.8. The lowest BCUT2D eigenvalue weighted by Crippen LogP contribution is -2.14. The fourth-order valence-electron chi connectivity index (χ4n) is 1.76. The van der Waals surface area contributed by atoms with E-state index in [0.717, 1.165) is 35.8 Å². The highest BCUT2D eigenvalue weighted by Crippen LogP contribution is 2.28. The van der Waals surface area contributed by atoms with Crippen molar-refractivity contribution in [3.8, 4) is 10.6 Å². The van der Waals surface area contributed by atoms with Gasteiger partial charge in [0, 0.05) is 36.5 Å². The first kappa shape index (κ1) is 14.1. The van der Waals surface area contributed by atoms with E-state index in [-0.39, 0.29) is 0 Å². The number of hydrogen-bond donors (Lipinski definition) is 1. The highest BCUT2D eigenvalue weighted by atomic mass is 32.1. The van der Waals surface area contributed by atoms with Crippen LogP contribution in [0, 0.1) is 0 Å². The summed E-state index contributed by atoms with van der Waals surface area (Å²) in [6.07, 6.45) is 4.75. The van der Waals surface area contributed by atoms with Crippen LogP contribution in [0.15, 0.2) is 24.5 Å². The molecule has 0 atom stereocenters. The summed E-state index contributed by atoms with van der Waals surface area (Å²) in [6, 6.07) is 3.97. The molecule has 0 unspecified atom stereocenters. The van der Waals surface area contributed by atoms with Crippen LogP contribution >= 0.6 is 11.3 Å². The second kappa shape index (κ2) is 7.33. The highest BCUT2D eigenvalue weighted by Gasteiger charge is 2.12. The number of aromatic nitrogens is 2. The summed E-state index contributed by atoms with van der Waals surface area (Å²) < 4.78 is 5.22. The molecule has 5 heteroatoms. The average Bonchev–Trinajstić information content (AvgIpc) is 2.84. The number of rotatable bonds is 7. The van der Waals surface area contributed by atoms with E-state index >= 15 is 0 Å². The molecule has 0 fully saturated rings. The van der Waals surface area contributed by atoms with Crippen molar-refractivity contribution in [1.82, 2.24) is 15.3 Å². The molecule has 1 N–H and O–H groups in total. The standard InChI is InChI=1S/C14H19N3OS/c1-3-6-15-9-13-12(10-18-2)17-14(19-13)11-5-4-7-16-8-11/h4-5,7-8,15H,3,6,9-10H2,1-2H3. The van der Waals surface area contributed by atoms with Crippen molar-refractivity contribution in [1.29, 1.82) is 0 Å².